The van der Waals surface area contributed by atoms with E-state index in [0.29, 0.717) is 0 Å². The van der Waals surface area contributed by atoms with Crippen LogP contribution in [0.25, 0.3) is 4.96 Å². The number of fused-ring (bicyclic) bond motifs is 1. The number of hydrogen-bond donors (Lipinski definition) is 1. The van der Waals surface area contributed by atoms with Gasteiger partial charge in [0, 0.05) is 30.2 Å². The predicted molar refractivity (Wildman–Crippen MR) is 64.9 cm³/mol. The monoisotopic (exact) mass is 253 g/mol. The fraction of sp³-hybridized carbons (Fsp3) is 0.375. The third-order valence-corrected chi connectivity index (χ3v) is 2.44. The first-order valence-corrected chi connectivity index (χ1v) is 4.80. The molecule has 0 amide bonds. The van der Waals surface area contributed by atoms with Gasteiger partial charge in [-0.25, -0.2) is 4.98 Å². The largest absolute Gasteiger partial charge is 0.328 e. The molecule has 0 saturated heterocycles. The highest BCUT2D eigenvalue weighted by molar-refractivity contribution is 7.15. The van der Waals surface area contributed by atoms with E-state index in [0.717, 1.165) is 17.1 Å². The molecule has 0 aliphatic heterocycles. The van der Waals surface area contributed by atoms with Gasteiger partial charge in [-0.1, -0.05) is 0 Å². The molecular weight excluding hydrogens is 241 g/mol. The first kappa shape index (κ1) is 13.7. The summed E-state index contributed by atoms with van der Waals surface area (Å²) in [5, 5.41) is 2.03. The summed E-state index contributed by atoms with van der Waals surface area (Å²) in [6.45, 7) is 1.99. The number of nitrogens with zero attached hydrogens (tertiary/aromatic N) is 2. The van der Waals surface area contributed by atoms with Crippen molar-refractivity contribution in [3.63, 3.8) is 0 Å². The molecule has 1 unspecified atom stereocenters. The summed E-state index contributed by atoms with van der Waals surface area (Å²) in [7, 11) is 0. The molecule has 3 nitrogen and oxygen atoms in total. The lowest BCUT2D eigenvalue weighted by Crippen LogP contribution is -2.17. The maximum atomic E-state index is 5.67. The van der Waals surface area contributed by atoms with E-state index in [9.17, 15) is 0 Å². The summed E-state index contributed by atoms with van der Waals surface area (Å²) >= 11 is 1.65. The average Bonchev–Trinajstić information content (AvgIpc) is 2.43. The number of hydrogen-bond acceptors (Lipinski definition) is 3. The van der Waals surface area contributed by atoms with Gasteiger partial charge in [-0.15, -0.1) is 36.2 Å². The number of imidazole rings is 1. The van der Waals surface area contributed by atoms with Gasteiger partial charge in [-0.3, -0.25) is 4.40 Å². The molecule has 0 saturated carbocycles. The molecule has 2 N–H and O–H groups in total. The molecule has 0 aromatic carbocycles. The third-order valence-electron chi connectivity index (χ3n) is 1.67. The Bertz CT molecular complexity index is 354. The second kappa shape index (κ2) is 5.56. The molecule has 0 fully saturated rings. The van der Waals surface area contributed by atoms with Gasteiger partial charge in [0.25, 0.3) is 0 Å². The number of thiazole rings is 1. The number of halogens is 2. The molecule has 2 rings (SSSR count). The molecule has 2 heterocycles. The van der Waals surface area contributed by atoms with Crippen molar-refractivity contribution in [1.82, 2.24) is 9.38 Å². The number of nitrogens with two attached hydrogens (primary N) is 1. The van der Waals surface area contributed by atoms with Gasteiger partial charge < -0.3 is 5.73 Å². The van der Waals surface area contributed by atoms with Crippen molar-refractivity contribution in [3.05, 3.63) is 23.5 Å². The lowest BCUT2D eigenvalue weighted by molar-refractivity contribution is 0.726. The molecule has 80 valence electrons. The van der Waals surface area contributed by atoms with Crippen LogP contribution in [0.3, 0.4) is 0 Å². The lowest BCUT2D eigenvalue weighted by atomic mass is 10.2. The van der Waals surface area contributed by atoms with Crippen LogP contribution in [0.2, 0.25) is 0 Å². The summed E-state index contributed by atoms with van der Waals surface area (Å²) in [6, 6.07) is 0.189. The highest BCUT2D eigenvalue weighted by Crippen LogP contribution is 2.11. The first-order chi connectivity index (χ1) is 5.75. The Morgan fingerprint density at radius 3 is 2.86 bits per heavy atom. The normalized spacial score (nSPS) is 11.9. The van der Waals surface area contributed by atoms with Crippen LogP contribution in [0.4, 0.5) is 0 Å². The fourth-order valence-electron chi connectivity index (χ4n) is 1.20. The van der Waals surface area contributed by atoms with E-state index in [4.69, 9.17) is 5.73 Å². The highest BCUT2D eigenvalue weighted by atomic mass is 35.5. The smallest absolute Gasteiger partial charge is 0.193 e. The minimum atomic E-state index is 0. The van der Waals surface area contributed by atoms with Gasteiger partial charge in [-0.2, -0.15) is 0 Å². The summed E-state index contributed by atoms with van der Waals surface area (Å²) in [6.07, 6.45) is 4.90. The fourth-order valence-corrected chi connectivity index (χ4v) is 1.92. The van der Waals surface area contributed by atoms with Crippen molar-refractivity contribution in [3.8, 4) is 0 Å². The summed E-state index contributed by atoms with van der Waals surface area (Å²) in [5.74, 6) is 0. The Labute approximate surface area is 99.2 Å². The van der Waals surface area contributed by atoms with E-state index in [1.54, 1.807) is 11.3 Å². The standard InChI is InChI=1S/C8H11N3S.2ClH/c1-6(9)4-7-5-11-2-3-12-8(11)10-7;;/h2-3,5-6H,4,9H2,1H3;2*1H. The minimum absolute atomic E-state index is 0. The molecule has 0 radical (unpaired) electrons. The van der Waals surface area contributed by atoms with Crippen LogP contribution in [0.1, 0.15) is 12.6 Å². The van der Waals surface area contributed by atoms with E-state index >= 15 is 0 Å². The lowest BCUT2D eigenvalue weighted by Gasteiger charge is -1.98. The highest BCUT2D eigenvalue weighted by Gasteiger charge is 2.03. The summed E-state index contributed by atoms with van der Waals surface area (Å²) in [5.41, 5.74) is 6.75. The van der Waals surface area contributed by atoms with Crippen molar-refractivity contribution in [2.24, 2.45) is 5.73 Å². The molecule has 1 atom stereocenters. The Hall–Kier alpha value is -0.290. The van der Waals surface area contributed by atoms with Crippen LogP contribution in [-0.2, 0) is 6.42 Å². The van der Waals surface area contributed by atoms with E-state index < -0.39 is 0 Å². The van der Waals surface area contributed by atoms with Crippen molar-refractivity contribution in [1.29, 1.82) is 0 Å². The second-order valence-corrected chi connectivity index (χ2v) is 3.88. The first-order valence-electron chi connectivity index (χ1n) is 3.92. The van der Waals surface area contributed by atoms with Crippen molar-refractivity contribution in [2.75, 3.05) is 0 Å². The van der Waals surface area contributed by atoms with E-state index in [1.165, 1.54) is 0 Å². The zero-order chi connectivity index (χ0) is 8.55. The van der Waals surface area contributed by atoms with Gasteiger partial charge in [0.2, 0.25) is 0 Å². The molecule has 2 aromatic heterocycles. The van der Waals surface area contributed by atoms with Crippen LogP contribution >= 0.6 is 36.2 Å². The van der Waals surface area contributed by atoms with Gasteiger partial charge in [0.05, 0.1) is 5.69 Å². The zero-order valence-corrected chi connectivity index (χ0v) is 10.2. The number of rotatable bonds is 2. The van der Waals surface area contributed by atoms with Gasteiger partial charge in [-0.05, 0) is 6.92 Å². The van der Waals surface area contributed by atoms with Crippen LogP contribution in [-0.4, -0.2) is 15.4 Å². The van der Waals surface area contributed by atoms with Crippen molar-refractivity contribution >= 4 is 41.1 Å². The molecule has 6 heteroatoms. The molecule has 0 spiro atoms. The maximum absolute atomic E-state index is 5.67. The topological polar surface area (TPSA) is 43.3 Å². The average molecular weight is 254 g/mol. The quantitative estimate of drug-likeness (QED) is 0.892. The SMILES string of the molecule is CC(N)Cc1cn2ccsc2n1.Cl.Cl. The predicted octanol–water partition coefficient (Wildman–Crippen LogP) is 2.13. The van der Waals surface area contributed by atoms with Crippen LogP contribution < -0.4 is 5.73 Å². The van der Waals surface area contributed by atoms with E-state index in [-0.39, 0.29) is 30.9 Å². The Morgan fingerprint density at radius 1 is 1.57 bits per heavy atom. The van der Waals surface area contributed by atoms with E-state index in [2.05, 4.69) is 4.98 Å². The minimum Gasteiger partial charge on any atom is -0.328 e. The molecular formula is C8H13Cl2N3S. The summed E-state index contributed by atoms with van der Waals surface area (Å²) in [4.78, 5) is 5.46. The molecule has 0 bridgehead atoms. The number of aromatic nitrogens is 2. The second-order valence-electron chi connectivity index (χ2n) is 3.01. The van der Waals surface area contributed by atoms with Gasteiger partial charge >= 0.3 is 0 Å². The van der Waals surface area contributed by atoms with Crippen LogP contribution in [0, 0.1) is 0 Å². The molecule has 0 aliphatic rings. The van der Waals surface area contributed by atoms with Gasteiger partial charge in [0.15, 0.2) is 4.96 Å². The Balaban J connectivity index is 0.000000845. The van der Waals surface area contributed by atoms with Crippen LogP contribution in [0.5, 0.6) is 0 Å². The Kier molecular flexibility index (Phi) is 5.44. The van der Waals surface area contributed by atoms with Crippen LogP contribution in [0.15, 0.2) is 17.8 Å². The maximum Gasteiger partial charge on any atom is 0.193 e. The Morgan fingerprint density at radius 2 is 2.29 bits per heavy atom. The summed E-state index contributed by atoms with van der Waals surface area (Å²) < 4.78 is 2.03. The molecule has 14 heavy (non-hydrogen) atoms. The molecule has 0 aliphatic carbocycles. The van der Waals surface area contributed by atoms with Gasteiger partial charge in [0.1, 0.15) is 0 Å². The molecule has 2 aromatic rings. The zero-order valence-electron chi connectivity index (χ0n) is 7.71. The van der Waals surface area contributed by atoms with E-state index in [1.807, 2.05) is 29.1 Å². The third kappa shape index (κ3) is 2.85. The van der Waals surface area contributed by atoms with Crippen molar-refractivity contribution in [2.45, 2.75) is 19.4 Å². The van der Waals surface area contributed by atoms with Crippen molar-refractivity contribution < 1.29 is 0 Å².